The third-order valence-corrected chi connectivity index (χ3v) is 5.06. The number of para-hydroxylation sites is 1. The zero-order valence-electron chi connectivity index (χ0n) is 17.3. The molecule has 1 saturated heterocycles. The molecule has 0 saturated carbocycles. The number of amides is 2. The number of anilines is 1. The van der Waals surface area contributed by atoms with E-state index < -0.39 is 11.9 Å². The quantitative estimate of drug-likeness (QED) is 0.506. The molecule has 2 amide bonds. The highest BCUT2D eigenvalue weighted by Crippen LogP contribution is 2.30. The number of pyridine rings is 1. The number of nitrogens with zero attached hydrogens (tertiary/aromatic N) is 2. The summed E-state index contributed by atoms with van der Waals surface area (Å²) in [5.41, 5.74) is 3.83. The van der Waals surface area contributed by atoms with E-state index >= 15 is 0 Å². The van der Waals surface area contributed by atoms with Gasteiger partial charge in [0.05, 0.1) is 17.7 Å². The van der Waals surface area contributed by atoms with Crippen LogP contribution in [0.4, 0.5) is 5.69 Å². The van der Waals surface area contributed by atoms with Crippen molar-refractivity contribution in [1.29, 1.82) is 0 Å². The van der Waals surface area contributed by atoms with Crippen molar-refractivity contribution in [2.24, 2.45) is 0 Å². The van der Waals surface area contributed by atoms with Crippen molar-refractivity contribution in [2.75, 3.05) is 25.0 Å². The minimum atomic E-state index is -1.26. The summed E-state index contributed by atoms with van der Waals surface area (Å²) in [4.78, 5) is 49.7. The number of carboxylic acid groups (broad SMARTS) is 2. The zero-order chi connectivity index (χ0) is 23.1. The standard InChI is InChI=1S/C18H20N4O2.C4H4O4/c23-16(11-22-9-3-6-17(22)24)21-18-12-4-1-2-5-14(12)20-15-7-8-19-10-13(15)18;5-3(6)1-2-4(7)8/h1-2,4-5,19H,3,6-11H2,(H,20,21,23);1-2H,(H,5,6)(H,7,8). The molecule has 10 heteroatoms. The van der Waals surface area contributed by atoms with Gasteiger partial charge >= 0.3 is 11.9 Å². The van der Waals surface area contributed by atoms with Gasteiger partial charge in [-0.05, 0) is 12.5 Å². The van der Waals surface area contributed by atoms with Crippen molar-refractivity contribution < 1.29 is 29.4 Å². The third kappa shape index (κ3) is 5.88. The average Bonchev–Trinajstić information content (AvgIpc) is 3.16. The number of likely N-dealkylation sites (tertiary alicyclic amines) is 1. The van der Waals surface area contributed by atoms with Gasteiger partial charge in [-0.15, -0.1) is 0 Å². The van der Waals surface area contributed by atoms with Crippen molar-refractivity contribution in [3.8, 4) is 0 Å². The predicted molar refractivity (Wildman–Crippen MR) is 116 cm³/mol. The maximum Gasteiger partial charge on any atom is 0.328 e. The average molecular weight is 440 g/mol. The second-order valence-electron chi connectivity index (χ2n) is 7.33. The Labute approximate surface area is 183 Å². The number of hydrogen-bond donors (Lipinski definition) is 4. The van der Waals surface area contributed by atoms with Crippen LogP contribution in [0.2, 0.25) is 0 Å². The number of nitrogens with one attached hydrogen (secondary N) is 2. The van der Waals surface area contributed by atoms with Gasteiger partial charge < -0.3 is 25.7 Å². The number of hydrogen-bond acceptors (Lipinski definition) is 6. The molecule has 0 radical (unpaired) electrons. The Morgan fingerprint density at radius 3 is 2.50 bits per heavy atom. The molecule has 0 atom stereocenters. The second-order valence-corrected chi connectivity index (χ2v) is 7.33. The number of fused-ring (bicyclic) bond motifs is 2. The maximum atomic E-state index is 12.5. The van der Waals surface area contributed by atoms with Crippen LogP contribution in [-0.4, -0.2) is 63.5 Å². The summed E-state index contributed by atoms with van der Waals surface area (Å²) in [5, 5.41) is 23.0. The fourth-order valence-corrected chi connectivity index (χ4v) is 3.63. The van der Waals surface area contributed by atoms with E-state index in [1.54, 1.807) is 4.90 Å². The molecule has 10 nitrogen and oxygen atoms in total. The highest BCUT2D eigenvalue weighted by molar-refractivity contribution is 6.04. The molecule has 0 aliphatic carbocycles. The van der Waals surface area contributed by atoms with E-state index in [-0.39, 0.29) is 18.4 Å². The molecule has 0 unspecified atom stereocenters. The van der Waals surface area contributed by atoms with Crippen molar-refractivity contribution >= 4 is 40.3 Å². The minimum absolute atomic E-state index is 0.0634. The van der Waals surface area contributed by atoms with Gasteiger partial charge in [-0.3, -0.25) is 14.6 Å². The molecule has 1 fully saturated rings. The molecule has 32 heavy (non-hydrogen) atoms. The van der Waals surface area contributed by atoms with Gasteiger partial charge in [0.1, 0.15) is 0 Å². The Balaban J connectivity index is 0.000000312. The van der Waals surface area contributed by atoms with Gasteiger partial charge in [0.25, 0.3) is 0 Å². The van der Waals surface area contributed by atoms with E-state index in [0.717, 1.165) is 47.2 Å². The van der Waals surface area contributed by atoms with Crippen LogP contribution >= 0.6 is 0 Å². The topological polar surface area (TPSA) is 149 Å². The maximum absolute atomic E-state index is 12.5. The van der Waals surface area contributed by atoms with E-state index in [4.69, 9.17) is 15.2 Å². The van der Waals surface area contributed by atoms with Crippen LogP contribution < -0.4 is 10.6 Å². The first-order valence-corrected chi connectivity index (χ1v) is 10.2. The molecule has 2 aliphatic heterocycles. The van der Waals surface area contributed by atoms with E-state index in [0.29, 0.717) is 31.7 Å². The van der Waals surface area contributed by atoms with Crippen LogP contribution in [0.1, 0.15) is 24.1 Å². The molecule has 168 valence electrons. The van der Waals surface area contributed by atoms with Crippen LogP contribution in [-0.2, 0) is 32.1 Å². The first kappa shape index (κ1) is 22.9. The lowest BCUT2D eigenvalue weighted by Crippen LogP contribution is -2.34. The summed E-state index contributed by atoms with van der Waals surface area (Å²) in [6.07, 6.45) is 3.35. The molecule has 1 aromatic carbocycles. The molecule has 0 spiro atoms. The normalized spacial score (nSPS) is 15.2. The molecular formula is C22H24N4O6. The van der Waals surface area contributed by atoms with Gasteiger partial charge in [0.15, 0.2) is 0 Å². The van der Waals surface area contributed by atoms with Gasteiger partial charge in [-0.2, -0.15) is 0 Å². The smallest absolute Gasteiger partial charge is 0.328 e. The monoisotopic (exact) mass is 440 g/mol. The molecule has 1 aromatic heterocycles. The molecule has 2 aromatic rings. The second kappa shape index (κ2) is 10.5. The molecule has 0 bridgehead atoms. The highest BCUT2D eigenvalue weighted by atomic mass is 16.4. The molecule has 4 N–H and O–H groups in total. The number of carbonyl (C=O) groups excluding carboxylic acids is 2. The summed E-state index contributed by atoms with van der Waals surface area (Å²) < 4.78 is 0. The lowest BCUT2D eigenvalue weighted by Gasteiger charge is -2.23. The highest BCUT2D eigenvalue weighted by Gasteiger charge is 2.24. The van der Waals surface area contributed by atoms with Crippen molar-refractivity contribution in [2.45, 2.75) is 25.8 Å². The van der Waals surface area contributed by atoms with E-state index in [9.17, 15) is 19.2 Å². The van der Waals surface area contributed by atoms with E-state index in [1.807, 2.05) is 24.3 Å². The lowest BCUT2D eigenvalue weighted by atomic mass is 10.0. The van der Waals surface area contributed by atoms with Crippen LogP contribution in [0.25, 0.3) is 10.9 Å². The number of benzene rings is 1. The molecule has 4 rings (SSSR count). The molecular weight excluding hydrogens is 416 g/mol. The van der Waals surface area contributed by atoms with Crippen LogP contribution in [0, 0.1) is 0 Å². The Kier molecular flexibility index (Phi) is 7.50. The largest absolute Gasteiger partial charge is 0.478 e. The first-order valence-electron chi connectivity index (χ1n) is 10.2. The number of rotatable bonds is 5. The Bertz CT molecular complexity index is 1070. The Morgan fingerprint density at radius 2 is 1.84 bits per heavy atom. The summed E-state index contributed by atoms with van der Waals surface area (Å²) in [5.74, 6) is -2.59. The summed E-state index contributed by atoms with van der Waals surface area (Å²) >= 11 is 0. The minimum Gasteiger partial charge on any atom is -0.478 e. The van der Waals surface area contributed by atoms with Crippen LogP contribution in [0.15, 0.2) is 36.4 Å². The number of aromatic nitrogens is 1. The van der Waals surface area contributed by atoms with E-state index in [2.05, 4.69) is 10.6 Å². The number of aliphatic carboxylic acids is 2. The summed E-state index contributed by atoms with van der Waals surface area (Å²) in [7, 11) is 0. The lowest BCUT2D eigenvalue weighted by molar-refractivity contribution is -0.134. The Hall–Kier alpha value is -3.79. The van der Waals surface area contributed by atoms with Crippen LogP contribution in [0.3, 0.4) is 0 Å². The molecule has 3 heterocycles. The third-order valence-electron chi connectivity index (χ3n) is 5.06. The van der Waals surface area contributed by atoms with Crippen LogP contribution in [0.5, 0.6) is 0 Å². The zero-order valence-corrected chi connectivity index (χ0v) is 17.3. The van der Waals surface area contributed by atoms with Gasteiger partial charge in [-0.1, -0.05) is 18.2 Å². The fraction of sp³-hybridized carbons (Fsp3) is 0.318. The van der Waals surface area contributed by atoms with Gasteiger partial charge in [0.2, 0.25) is 11.8 Å². The van der Waals surface area contributed by atoms with Gasteiger partial charge in [0, 0.05) is 61.3 Å². The predicted octanol–water partition coefficient (Wildman–Crippen LogP) is 1.15. The summed E-state index contributed by atoms with van der Waals surface area (Å²) in [6.45, 7) is 2.39. The SMILES string of the molecule is O=C(CN1CCCC1=O)Nc1c2c(nc3ccccc13)CCNC2.O=C(O)C=CC(=O)O. The first-order chi connectivity index (χ1) is 15.3. The number of carboxylic acids is 2. The Morgan fingerprint density at radius 1 is 1.12 bits per heavy atom. The van der Waals surface area contributed by atoms with Crippen molar-refractivity contribution in [1.82, 2.24) is 15.2 Å². The van der Waals surface area contributed by atoms with Gasteiger partial charge in [-0.25, -0.2) is 9.59 Å². The summed E-state index contributed by atoms with van der Waals surface area (Å²) in [6, 6.07) is 7.86. The number of carbonyl (C=O) groups is 4. The van der Waals surface area contributed by atoms with Crippen molar-refractivity contribution in [3.63, 3.8) is 0 Å². The van der Waals surface area contributed by atoms with Crippen molar-refractivity contribution in [3.05, 3.63) is 47.7 Å². The van der Waals surface area contributed by atoms with E-state index in [1.165, 1.54) is 0 Å². The fourth-order valence-electron chi connectivity index (χ4n) is 3.63. The molecule has 2 aliphatic rings.